The molecule has 2 aromatic rings. The summed E-state index contributed by atoms with van der Waals surface area (Å²) in [6.45, 7) is -0.387. The van der Waals surface area contributed by atoms with Crippen molar-refractivity contribution in [2.45, 2.75) is 13.8 Å². The zero-order valence-corrected chi connectivity index (χ0v) is 12.0. The standard InChI is InChI=1S/C20H16N/c1-4-7-17-8-5-6-9-18(17)12-13-19-11-10-16(2)14-20(19)15-21-3/h5-6,8-11,14H,1-3H3/q+1/i2D3. The highest BCUT2D eigenvalue weighted by atomic mass is 14.6. The van der Waals surface area contributed by atoms with E-state index in [0.29, 0.717) is 11.1 Å². The van der Waals surface area contributed by atoms with Gasteiger partial charge in [-0.25, -0.2) is 0 Å². The molecule has 0 aliphatic heterocycles. The van der Waals surface area contributed by atoms with Crippen molar-refractivity contribution in [3.8, 4) is 29.8 Å². The molecular weight excluding hydrogens is 254 g/mol. The van der Waals surface area contributed by atoms with Crippen LogP contribution in [-0.4, -0.2) is 7.05 Å². The van der Waals surface area contributed by atoms with E-state index in [4.69, 9.17) is 4.11 Å². The van der Waals surface area contributed by atoms with Crippen molar-refractivity contribution in [1.29, 1.82) is 0 Å². The topological polar surface area (TPSA) is 4.36 Å². The Balaban J connectivity index is 2.51. The molecule has 0 aliphatic rings. The predicted octanol–water partition coefficient (Wildman–Crippen LogP) is 4.08. The van der Waals surface area contributed by atoms with Gasteiger partial charge in [-0.05, 0) is 43.6 Å². The Kier molecular flexibility index (Phi) is 3.60. The van der Waals surface area contributed by atoms with E-state index in [9.17, 15) is 0 Å². The maximum atomic E-state index is 7.51. The molecule has 21 heavy (non-hydrogen) atoms. The second-order valence-electron chi connectivity index (χ2n) is 4.27. The Morgan fingerprint density at radius 1 is 0.905 bits per heavy atom. The maximum Gasteiger partial charge on any atom is 0.311 e. The first-order chi connectivity index (χ1) is 11.5. The smallest absolute Gasteiger partial charge is 0.101 e. The third-order valence-corrected chi connectivity index (χ3v) is 2.77. The zero-order chi connectivity index (χ0) is 17.6. The molecule has 0 unspecified atom stereocenters. The number of hydrogen-bond acceptors (Lipinski definition) is 0. The highest BCUT2D eigenvalue weighted by Crippen LogP contribution is 2.11. The fraction of sp³-hybridized carbons (Fsp3) is 0.150. The van der Waals surface area contributed by atoms with Crippen LogP contribution in [0.25, 0.3) is 4.85 Å². The van der Waals surface area contributed by atoms with Crippen molar-refractivity contribution in [3.63, 3.8) is 0 Å². The van der Waals surface area contributed by atoms with E-state index in [1.807, 2.05) is 24.3 Å². The van der Waals surface area contributed by atoms with Crippen LogP contribution in [-0.2, 0) is 0 Å². The van der Waals surface area contributed by atoms with Gasteiger partial charge in [0.15, 0.2) is 0 Å². The van der Waals surface area contributed by atoms with Crippen molar-refractivity contribution in [3.05, 3.63) is 75.1 Å². The molecule has 0 aliphatic carbocycles. The first-order valence-electron chi connectivity index (χ1n) is 7.99. The van der Waals surface area contributed by atoms with Gasteiger partial charge in [0.2, 0.25) is 0 Å². The van der Waals surface area contributed by atoms with Gasteiger partial charge in [-0.3, -0.25) is 0 Å². The van der Waals surface area contributed by atoms with E-state index in [1.165, 1.54) is 0 Å². The average molecular weight is 273 g/mol. The number of benzene rings is 2. The summed E-state index contributed by atoms with van der Waals surface area (Å²) >= 11 is 0. The fourth-order valence-electron chi connectivity index (χ4n) is 1.84. The second-order valence-corrected chi connectivity index (χ2v) is 4.27. The Morgan fingerprint density at radius 3 is 2.19 bits per heavy atom. The summed E-state index contributed by atoms with van der Waals surface area (Å²) in [5, 5.41) is 0. The molecule has 0 saturated carbocycles. The van der Waals surface area contributed by atoms with Crippen molar-refractivity contribution < 1.29 is 4.11 Å². The highest BCUT2D eigenvalue weighted by Gasteiger charge is 2.03. The Morgan fingerprint density at radius 2 is 1.57 bits per heavy atom. The molecule has 0 N–H and O–H groups in total. The summed E-state index contributed by atoms with van der Waals surface area (Å²) in [5.41, 5.74) is 3.18. The van der Waals surface area contributed by atoms with Crippen LogP contribution in [0, 0.1) is 36.6 Å². The van der Waals surface area contributed by atoms with Gasteiger partial charge >= 0.3 is 6.07 Å². The number of aryl methyl sites for hydroxylation is 1. The number of rotatable bonds is 0. The summed E-state index contributed by atoms with van der Waals surface area (Å²) in [6.07, 6.45) is 0. The molecule has 2 rings (SSSR count). The number of nitrogens with zero attached hydrogens (tertiary/aromatic N) is 1. The summed E-state index contributed by atoms with van der Waals surface area (Å²) in [7, 11) is 1.59. The highest BCUT2D eigenvalue weighted by molar-refractivity contribution is 5.56. The van der Waals surface area contributed by atoms with Crippen LogP contribution >= 0.6 is 0 Å². The molecule has 1 heteroatoms. The Bertz CT molecular complexity index is 936. The second kappa shape index (κ2) is 7.00. The van der Waals surface area contributed by atoms with Gasteiger partial charge in [0.05, 0.1) is 0 Å². The minimum Gasteiger partial charge on any atom is -0.101 e. The normalized spacial score (nSPS) is 11.2. The summed E-state index contributed by atoms with van der Waals surface area (Å²) in [4.78, 5) is 3.87. The quantitative estimate of drug-likeness (QED) is 0.637. The third kappa shape index (κ3) is 3.76. The molecule has 0 saturated heterocycles. The van der Waals surface area contributed by atoms with Crippen molar-refractivity contribution in [2.24, 2.45) is 0 Å². The summed E-state index contributed by atoms with van der Waals surface area (Å²) in [5.74, 6) is 12.1. The Labute approximate surface area is 130 Å². The molecule has 1 nitrogen and oxygen atoms in total. The van der Waals surface area contributed by atoms with Crippen molar-refractivity contribution >= 4 is 0 Å². The largest absolute Gasteiger partial charge is 0.311 e. The molecule has 0 amide bonds. The van der Waals surface area contributed by atoms with Gasteiger partial charge in [-0.1, -0.05) is 40.8 Å². The molecule has 0 aromatic heterocycles. The molecular formula is C20H16N+. The maximum absolute atomic E-state index is 7.51. The lowest BCUT2D eigenvalue weighted by Crippen LogP contribution is -1.86. The average Bonchev–Trinajstić information content (AvgIpc) is 2.54. The van der Waals surface area contributed by atoms with Gasteiger partial charge < -0.3 is 0 Å². The third-order valence-electron chi connectivity index (χ3n) is 2.77. The van der Waals surface area contributed by atoms with Crippen molar-refractivity contribution in [1.82, 2.24) is 0 Å². The van der Waals surface area contributed by atoms with Gasteiger partial charge in [-0.2, -0.15) is 0 Å². The van der Waals surface area contributed by atoms with Crippen molar-refractivity contribution in [2.75, 3.05) is 7.05 Å². The van der Waals surface area contributed by atoms with E-state index in [2.05, 4.69) is 34.6 Å². The lowest BCUT2D eigenvalue weighted by Gasteiger charge is -1.97. The van der Waals surface area contributed by atoms with Crippen LogP contribution in [0.3, 0.4) is 0 Å². The van der Waals surface area contributed by atoms with Gasteiger partial charge in [0.1, 0.15) is 5.56 Å². The van der Waals surface area contributed by atoms with Crippen LogP contribution in [0.2, 0.25) is 0 Å². The van der Waals surface area contributed by atoms with Gasteiger partial charge in [-0.15, -0.1) is 5.92 Å². The first kappa shape index (κ1) is 10.8. The minimum atomic E-state index is -2.17. The molecule has 0 radical (unpaired) electrons. The molecule has 0 fully saturated rings. The number of hydrogen-bond donors (Lipinski definition) is 0. The van der Waals surface area contributed by atoms with Gasteiger partial charge in [0, 0.05) is 20.8 Å². The molecule has 0 heterocycles. The lowest BCUT2D eigenvalue weighted by molar-refractivity contribution is 1.43. The molecule has 0 atom stereocenters. The molecule has 2 aromatic carbocycles. The van der Waals surface area contributed by atoms with Crippen LogP contribution < -0.4 is 0 Å². The van der Waals surface area contributed by atoms with Gasteiger partial charge in [0.25, 0.3) is 7.05 Å². The molecule has 0 spiro atoms. The van der Waals surface area contributed by atoms with E-state index < -0.39 is 6.85 Å². The SMILES string of the molecule is [2H]C([2H])([2H])c1ccc(C#Cc2ccccc2C#CC)c(C#[N+]C)c1. The zero-order valence-electron chi connectivity index (χ0n) is 15.0. The van der Waals surface area contributed by atoms with E-state index in [1.54, 1.807) is 32.2 Å². The van der Waals surface area contributed by atoms with Crippen LogP contribution in [0.1, 0.15) is 38.9 Å². The summed E-state index contributed by atoms with van der Waals surface area (Å²) in [6, 6.07) is 15.3. The van der Waals surface area contributed by atoms with Crippen LogP contribution in [0.4, 0.5) is 0 Å². The Hall–Kier alpha value is -2.95. The van der Waals surface area contributed by atoms with E-state index in [0.717, 1.165) is 11.1 Å². The summed E-state index contributed by atoms with van der Waals surface area (Å²) < 4.78 is 22.5. The van der Waals surface area contributed by atoms with E-state index in [-0.39, 0.29) is 5.56 Å². The van der Waals surface area contributed by atoms with Crippen LogP contribution in [0.15, 0.2) is 42.5 Å². The predicted molar refractivity (Wildman–Crippen MR) is 88.4 cm³/mol. The van der Waals surface area contributed by atoms with Crippen LogP contribution in [0.5, 0.6) is 0 Å². The van der Waals surface area contributed by atoms with E-state index >= 15 is 0 Å². The first-order valence-corrected chi connectivity index (χ1v) is 6.49. The molecule has 100 valence electrons. The monoisotopic (exact) mass is 273 g/mol. The lowest BCUT2D eigenvalue weighted by atomic mass is 10.0. The minimum absolute atomic E-state index is 0.247. The molecule has 0 bridgehead atoms. The fourth-order valence-corrected chi connectivity index (χ4v) is 1.84.